The molecule has 0 saturated heterocycles. The maximum atomic E-state index is 12.1. The molecule has 2 aromatic rings. The number of likely N-dealkylation sites (N-methyl/N-ethyl adjacent to an activating group) is 1. The van der Waals surface area contributed by atoms with Gasteiger partial charge in [0.2, 0.25) is 5.01 Å². The predicted octanol–water partition coefficient (Wildman–Crippen LogP) is 1.52. The summed E-state index contributed by atoms with van der Waals surface area (Å²) in [6, 6.07) is 7.57. The molecule has 0 bridgehead atoms. The van der Waals surface area contributed by atoms with Crippen LogP contribution in [0.3, 0.4) is 0 Å². The van der Waals surface area contributed by atoms with Crippen molar-refractivity contribution in [2.75, 3.05) is 25.5 Å². The molecule has 0 unspecified atom stereocenters. The average Bonchev–Trinajstić information content (AvgIpc) is 2.90. The first-order valence-electron chi connectivity index (χ1n) is 6.58. The van der Waals surface area contributed by atoms with Gasteiger partial charge < -0.3 is 10.4 Å². The second-order valence-corrected chi connectivity index (χ2v) is 5.84. The largest absolute Gasteiger partial charge is 0.395 e. The topological polar surface area (TPSA) is 78.4 Å². The molecule has 0 radical (unpaired) electrons. The molecule has 1 amide bonds. The summed E-state index contributed by atoms with van der Waals surface area (Å²) in [5, 5.41) is 20.6. The quantitative estimate of drug-likeness (QED) is 0.846. The Morgan fingerprint density at radius 1 is 1.33 bits per heavy atom. The van der Waals surface area contributed by atoms with E-state index in [2.05, 4.69) is 15.5 Å². The molecule has 1 aromatic carbocycles. The van der Waals surface area contributed by atoms with Gasteiger partial charge in [0.25, 0.3) is 5.91 Å². The zero-order valence-electron chi connectivity index (χ0n) is 12.0. The van der Waals surface area contributed by atoms with Crippen LogP contribution in [0.2, 0.25) is 0 Å². The standard InChI is InChI=1S/C14H18N4O2S/c1-10-3-5-11(6-4-10)15-13(20)14-17-16-12(21-14)9-18(2)7-8-19/h3-6,19H,7-9H2,1-2H3,(H,15,20). The van der Waals surface area contributed by atoms with Gasteiger partial charge >= 0.3 is 0 Å². The minimum Gasteiger partial charge on any atom is -0.395 e. The maximum absolute atomic E-state index is 12.1. The van der Waals surface area contributed by atoms with Crippen LogP contribution >= 0.6 is 11.3 Å². The molecule has 0 atom stereocenters. The van der Waals surface area contributed by atoms with Crippen molar-refractivity contribution in [2.24, 2.45) is 0 Å². The van der Waals surface area contributed by atoms with E-state index in [1.807, 2.05) is 43.1 Å². The molecular weight excluding hydrogens is 288 g/mol. The molecule has 7 heteroatoms. The summed E-state index contributed by atoms with van der Waals surface area (Å²) in [6.45, 7) is 3.21. The van der Waals surface area contributed by atoms with Crippen LogP contribution in [0.25, 0.3) is 0 Å². The van der Waals surface area contributed by atoms with Crippen molar-refractivity contribution < 1.29 is 9.90 Å². The Labute approximate surface area is 127 Å². The van der Waals surface area contributed by atoms with Crippen LogP contribution in [0.1, 0.15) is 20.4 Å². The maximum Gasteiger partial charge on any atom is 0.286 e. The van der Waals surface area contributed by atoms with E-state index in [1.165, 1.54) is 11.3 Å². The van der Waals surface area contributed by atoms with Crippen LogP contribution in [0, 0.1) is 6.92 Å². The van der Waals surface area contributed by atoms with E-state index >= 15 is 0 Å². The fourth-order valence-corrected chi connectivity index (χ4v) is 2.53. The van der Waals surface area contributed by atoms with Gasteiger partial charge in [-0.15, -0.1) is 10.2 Å². The lowest BCUT2D eigenvalue weighted by atomic mass is 10.2. The fraction of sp³-hybridized carbons (Fsp3) is 0.357. The van der Waals surface area contributed by atoms with Crippen LogP contribution in [0.15, 0.2) is 24.3 Å². The third-order valence-corrected chi connectivity index (χ3v) is 3.76. The minimum atomic E-state index is -0.257. The number of nitrogens with zero attached hydrogens (tertiary/aromatic N) is 3. The Kier molecular flexibility index (Phi) is 5.38. The lowest BCUT2D eigenvalue weighted by Gasteiger charge is -2.11. The molecule has 6 nitrogen and oxygen atoms in total. The van der Waals surface area contributed by atoms with Crippen LogP contribution in [-0.4, -0.2) is 46.3 Å². The Hall–Kier alpha value is -1.83. The van der Waals surface area contributed by atoms with Gasteiger partial charge in [-0.1, -0.05) is 29.0 Å². The number of carbonyl (C=O) groups excluding carboxylic acids is 1. The van der Waals surface area contributed by atoms with Gasteiger partial charge in [-0.3, -0.25) is 9.69 Å². The number of benzene rings is 1. The van der Waals surface area contributed by atoms with Crippen LogP contribution in [0.4, 0.5) is 5.69 Å². The predicted molar refractivity (Wildman–Crippen MR) is 82.5 cm³/mol. The molecule has 0 aliphatic heterocycles. The summed E-state index contributed by atoms with van der Waals surface area (Å²) in [5.41, 5.74) is 1.87. The zero-order chi connectivity index (χ0) is 15.2. The number of aromatic nitrogens is 2. The lowest BCUT2D eigenvalue weighted by Crippen LogP contribution is -2.21. The van der Waals surface area contributed by atoms with Crippen molar-refractivity contribution >= 4 is 22.9 Å². The summed E-state index contributed by atoms with van der Waals surface area (Å²) in [6.07, 6.45) is 0. The number of aliphatic hydroxyl groups is 1. The highest BCUT2D eigenvalue weighted by molar-refractivity contribution is 7.13. The zero-order valence-corrected chi connectivity index (χ0v) is 12.9. The van der Waals surface area contributed by atoms with Gasteiger partial charge in [-0.05, 0) is 26.1 Å². The molecule has 0 saturated carbocycles. The van der Waals surface area contributed by atoms with Gasteiger partial charge in [0.1, 0.15) is 5.01 Å². The summed E-state index contributed by atoms with van der Waals surface area (Å²) < 4.78 is 0. The monoisotopic (exact) mass is 306 g/mol. The number of anilines is 1. The van der Waals surface area contributed by atoms with Crippen molar-refractivity contribution in [1.82, 2.24) is 15.1 Å². The number of hydrogen-bond donors (Lipinski definition) is 2. The van der Waals surface area contributed by atoms with Gasteiger partial charge in [0.15, 0.2) is 0 Å². The van der Waals surface area contributed by atoms with Crippen LogP contribution < -0.4 is 5.32 Å². The number of amides is 1. The lowest BCUT2D eigenvalue weighted by molar-refractivity contribution is 0.102. The molecule has 21 heavy (non-hydrogen) atoms. The number of aliphatic hydroxyl groups excluding tert-OH is 1. The number of hydrogen-bond acceptors (Lipinski definition) is 6. The van der Waals surface area contributed by atoms with E-state index in [1.54, 1.807) is 0 Å². The Morgan fingerprint density at radius 3 is 2.71 bits per heavy atom. The average molecular weight is 306 g/mol. The van der Waals surface area contributed by atoms with Crippen LogP contribution in [-0.2, 0) is 6.54 Å². The van der Waals surface area contributed by atoms with E-state index < -0.39 is 0 Å². The van der Waals surface area contributed by atoms with Gasteiger partial charge in [-0.2, -0.15) is 0 Å². The number of rotatable bonds is 6. The number of carbonyl (C=O) groups is 1. The third kappa shape index (κ3) is 4.59. The Balaban J connectivity index is 1.97. The van der Waals surface area contributed by atoms with Gasteiger partial charge in [0, 0.05) is 12.2 Å². The van der Waals surface area contributed by atoms with Gasteiger partial charge in [0.05, 0.1) is 13.2 Å². The van der Waals surface area contributed by atoms with E-state index in [-0.39, 0.29) is 12.5 Å². The Morgan fingerprint density at radius 2 is 2.05 bits per heavy atom. The second kappa shape index (κ2) is 7.26. The summed E-state index contributed by atoms with van der Waals surface area (Å²) in [7, 11) is 1.88. The SMILES string of the molecule is Cc1ccc(NC(=O)c2nnc(CN(C)CCO)s2)cc1. The molecule has 1 heterocycles. The molecule has 1 aromatic heterocycles. The van der Waals surface area contributed by atoms with E-state index in [0.717, 1.165) is 16.3 Å². The first kappa shape index (κ1) is 15.6. The molecule has 0 spiro atoms. The van der Waals surface area contributed by atoms with E-state index in [9.17, 15) is 4.79 Å². The second-order valence-electron chi connectivity index (χ2n) is 4.78. The summed E-state index contributed by atoms with van der Waals surface area (Å²) in [5.74, 6) is -0.257. The third-order valence-electron chi connectivity index (χ3n) is 2.86. The minimum absolute atomic E-state index is 0.0933. The first-order chi connectivity index (χ1) is 10.1. The summed E-state index contributed by atoms with van der Waals surface area (Å²) in [4.78, 5) is 14.0. The smallest absolute Gasteiger partial charge is 0.286 e. The molecule has 2 N–H and O–H groups in total. The van der Waals surface area contributed by atoms with E-state index in [4.69, 9.17) is 5.11 Å². The first-order valence-corrected chi connectivity index (χ1v) is 7.40. The number of aryl methyl sites for hydroxylation is 1. The Bertz CT molecular complexity index is 597. The molecule has 112 valence electrons. The normalized spacial score (nSPS) is 10.9. The van der Waals surface area contributed by atoms with Crippen molar-refractivity contribution in [2.45, 2.75) is 13.5 Å². The highest BCUT2D eigenvalue weighted by Crippen LogP contribution is 2.15. The van der Waals surface area contributed by atoms with Crippen molar-refractivity contribution in [3.63, 3.8) is 0 Å². The molecule has 0 aliphatic rings. The van der Waals surface area contributed by atoms with Gasteiger partial charge in [-0.25, -0.2) is 0 Å². The fourth-order valence-electron chi connectivity index (χ4n) is 1.71. The molecule has 2 rings (SSSR count). The number of nitrogens with one attached hydrogen (secondary N) is 1. The van der Waals surface area contributed by atoms with Crippen LogP contribution in [0.5, 0.6) is 0 Å². The highest BCUT2D eigenvalue weighted by atomic mass is 32.1. The molecular formula is C14H18N4O2S. The van der Waals surface area contributed by atoms with Crippen molar-refractivity contribution in [1.29, 1.82) is 0 Å². The van der Waals surface area contributed by atoms with Crippen molar-refractivity contribution in [3.05, 3.63) is 39.8 Å². The highest BCUT2D eigenvalue weighted by Gasteiger charge is 2.14. The molecule has 0 aliphatic carbocycles. The molecule has 0 fully saturated rings. The van der Waals surface area contributed by atoms with E-state index in [0.29, 0.717) is 18.1 Å². The van der Waals surface area contributed by atoms with Crippen molar-refractivity contribution in [3.8, 4) is 0 Å². The summed E-state index contributed by atoms with van der Waals surface area (Å²) >= 11 is 1.26.